The minimum absolute atomic E-state index is 0.0758. The molecule has 1 aromatic rings. The average molecular weight is 226 g/mol. The molecule has 86 valence electrons. The largest absolute Gasteiger partial charge is 0.480 e. The summed E-state index contributed by atoms with van der Waals surface area (Å²) in [5.41, 5.74) is 4.98. The molecule has 4 N–H and O–H groups in total. The molecule has 1 atom stereocenters. The van der Waals surface area contributed by atoms with Crippen LogP contribution in [0.3, 0.4) is 0 Å². The summed E-state index contributed by atoms with van der Waals surface area (Å²) in [6.07, 6.45) is 0. The van der Waals surface area contributed by atoms with Crippen LogP contribution in [0, 0.1) is 5.82 Å². The third-order valence-electron chi connectivity index (χ3n) is 2.02. The molecule has 0 aliphatic rings. The lowest BCUT2D eigenvalue weighted by molar-refractivity contribution is -0.138. The van der Waals surface area contributed by atoms with Crippen molar-refractivity contribution >= 4 is 17.6 Å². The van der Waals surface area contributed by atoms with Gasteiger partial charge in [0, 0.05) is 0 Å². The van der Waals surface area contributed by atoms with E-state index in [4.69, 9.17) is 10.8 Å². The van der Waals surface area contributed by atoms with Gasteiger partial charge in [-0.25, -0.2) is 4.39 Å². The van der Waals surface area contributed by atoms with E-state index in [1.54, 1.807) is 0 Å². The summed E-state index contributed by atoms with van der Waals surface area (Å²) >= 11 is 0. The van der Waals surface area contributed by atoms with E-state index >= 15 is 0 Å². The summed E-state index contributed by atoms with van der Waals surface area (Å²) in [7, 11) is 0. The van der Waals surface area contributed by atoms with E-state index in [1.807, 2.05) is 0 Å². The molecule has 16 heavy (non-hydrogen) atoms. The van der Waals surface area contributed by atoms with Gasteiger partial charge in [0.2, 0.25) is 0 Å². The molecule has 0 aliphatic heterocycles. The molecule has 0 bridgehead atoms. The summed E-state index contributed by atoms with van der Waals surface area (Å²) in [5, 5.41) is 10.8. The van der Waals surface area contributed by atoms with Gasteiger partial charge in [0.05, 0.1) is 11.3 Å². The molecule has 0 aromatic heterocycles. The first kappa shape index (κ1) is 12.0. The molecule has 0 spiro atoms. The number of carboxylic acid groups (broad SMARTS) is 1. The summed E-state index contributed by atoms with van der Waals surface area (Å²) in [5.74, 6) is -2.61. The SMILES string of the molecule is CC(NC(=O)c1cccc(F)c1N)C(=O)O. The average Bonchev–Trinajstić information content (AvgIpc) is 2.21. The number of hydrogen-bond acceptors (Lipinski definition) is 3. The van der Waals surface area contributed by atoms with Gasteiger partial charge in [-0.3, -0.25) is 9.59 Å². The number of hydrogen-bond donors (Lipinski definition) is 3. The van der Waals surface area contributed by atoms with E-state index in [9.17, 15) is 14.0 Å². The molecule has 1 aromatic carbocycles. The highest BCUT2D eigenvalue weighted by molar-refractivity contribution is 6.00. The molecule has 0 fully saturated rings. The maximum absolute atomic E-state index is 13.0. The molecule has 1 rings (SSSR count). The standard InChI is InChI=1S/C10H11FN2O3/c1-5(10(15)16)13-9(14)6-3-2-4-7(11)8(6)12/h2-5H,12H2,1H3,(H,13,14)(H,15,16). The maximum atomic E-state index is 13.0. The smallest absolute Gasteiger partial charge is 0.325 e. The fraction of sp³-hybridized carbons (Fsp3) is 0.200. The first-order chi connectivity index (χ1) is 7.43. The molecule has 5 nitrogen and oxygen atoms in total. The number of halogens is 1. The van der Waals surface area contributed by atoms with E-state index in [2.05, 4.69) is 5.32 Å². The second kappa shape index (κ2) is 4.61. The monoisotopic (exact) mass is 226 g/mol. The Labute approximate surface area is 91.1 Å². The van der Waals surface area contributed by atoms with E-state index < -0.39 is 23.7 Å². The van der Waals surface area contributed by atoms with Crippen molar-refractivity contribution in [2.45, 2.75) is 13.0 Å². The van der Waals surface area contributed by atoms with Gasteiger partial charge >= 0.3 is 5.97 Å². The van der Waals surface area contributed by atoms with Gasteiger partial charge in [0.1, 0.15) is 11.9 Å². The second-order valence-corrected chi connectivity index (χ2v) is 3.23. The zero-order valence-corrected chi connectivity index (χ0v) is 8.53. The maximum Gasteiger partial charge on any atom is 0.325 e. The second-order valence-electron chi connectivity index (χ2n) is 3.23. The molecule has 0 heterocycles. The Morgan fingerprint density at radius 2 is 2.12 bits per heavy atom. The number of carboxylic acids is 1. The molecular formula is C10H11FN2O3. The number of rotatable bonds is 3. The van der Waals surface area contributed by atoms with Crippen LogP contribution in [0.5, 0.6) is 0 Å². The summed E-state index contributed by atoms with van der Waals surface area (Å²) in [4.78, 5) is 22.0. The first-order valence-corrected chi connectivity index (χ1v) is 4.51. The number of nitrogens with two attached hydrogens (primary N) is 1. The van der Waals surface area contributed by atoms with Crippen LogP contribution in [-0.4, -0.2) is 23.0 Å². The highest BCUT2D eigenvalue weighted by Crippen LogP contribution is 2.15. The molecule has 0 aliphatic carbocycles. The van der Waals surface area contributed by atoms with Crippen LogP contribution in [0.4, 0.5) is 10.1 Å². The van der Waals surface area contributed by atoms with Crippen LogP contribution < -0.4 is 11.1 Å². The number of carbonyl (C=O) groups excluding carboxylic acids is 1. The molecule has 1 amide bonds. The summed E-state index contributed by atoms with van der Waals surface area (Å²) in [6, 6.07) is 2.70. The fourth-order valence-corrected chi connectivity index (χ4v) is 1.07. The predicted molar refractivity (Wildman–Crippen MR) is 55.4 cm³/mol. The van der Waals surface area contributed by atoms with Crippen LogP contribution >= 0.6 is 0 Å². The number of aliphatic carboxylic acids is 1. The van der Waals surface area contributed by atoms with E-state index in [0.717, 1.165) is 6.07 Å². The molecule has 0 saturated heterocycles. The zero-order valence-electron chi connectivity index (χ0n) is 8.53. The number of benzene rings is 1. The van der Waals surface area contributed by atoms with Crippen LogP contribution in [-0.2, 0) is 4.79 Å². The lowest BCUT2D eigenvalue weighted by atomic mass is 10.1. The van der Waals surface area contributed by atoms with Crippen LogP contribution in [0.15, 0.2) is 18.2 Å². The van der Waals surface area contributed by atoms with Crippen molar-refractivity contribution in [1.82, 2.24) is 5.32 Å². The summed E-state index contributed by atoms with van der Waals surface area (Å²) in [6.45, 7) is 1.30. The van der Waals surface area contributed by atoms with Gasteiger partial charge in [-0.2, -0.15) is 0 Å². The topological polar surface area (TPSA) is 92.4 Å². The Bertz CT molecular complexity index is 434. The Balaban J connectivity index is 2.89. The fourth-order valence-electron chi connectivity index (χ4n) is 1.07. The molecule has 1 unspecified atom stereocenters. The van der Waals surface area contributed by atoms with Crippen LogP contribution in [0.2, 0.25) is 0 Å². The number of amides is 1. The number of nitrogen functional groups attached to an aromatic ring is 1. The highest BCUT2D eigenvalue weighted by Gasteiger charge is 2.18. The van der Waals surface area contributed by atoms with E-state index in [-0.39, 0.29) is 11.3 Å². The lowest BCUT2D eigenvalue weighted by Crippen LogP contribution is -2.38. The van der Waals surface area contributed by atoms with Gasteiger partial charge in [-0.1, -0.05) is 6.07 Å². The van der Waals surface area contributed by atoms with Crippen molar-refractivity contribution in [2.24, 2.45) is 0 Å². The van der Waals surface area contributed by atoms with Crippen molar-refractivity contribution in [3.63, 3.8) is 0 Å². The van der Waals surface area contributed by atoms with Gasteiger partial charge in [0.15, 0.2) is 0 Å². The number of carbonyl (C=O) groups is 2. The van der Waals surface area contributed by atoms with E-state index in [0.29, 0.717) is 0 Å². The van der Waals surface area contributed by atoms with Gasteiger partial charge in [-0.15, -0.1) is 0 Å². The predicted octanol–water partition coefficient (Wildman–Crippen LogP) is 0.611. The third-order valence-corrected chi connectivity index (χ3v) is 2.02. The highest BCUT2D eigenvalue weighted by atomic mass is 19.1. The number of nitrogens with one attached hydrogen (secondary N) is 1. The van der Waals surface area contributed by atoms with Gasteiger partial charge in [-0.05, 0) is 19.1 Å². The first-order valence-electron chi connectivity index (χ1n) is 4.51. The Morgan fingerprint density at radius 1 is 1.50 bits per heavy atom. The molecule has 6 heteroatoms. The van der Waals surface area contributed by atoms with Crippen molar-refractivity contribution < 1.29 is 19.1 Å². The van der Waals surface area contributed by atoms with Crippen molar-refractivity contribution in [3.05, 3.63) is 29.6 Å². The molecular weight excluding hydrogens is 215 g/mol. The Hall–Kier alpha value is -2.11. The van der Waals surface area contributed by atoms with Crippen LogP contribution in [0.1, 0.15) is 17.3 Å². The Kier molecular flexibility index (Phi) is 3.44. The minimum Gasteiger partial charge on any atom is -0.480 e. The minimum atomic E-state index is -1.18. The van der Waals surface area contributed by atoms with Gasteiger partial charge < -0.3 is 16.2 Å². The van der Waals surface area contributed by atoms with E-state index in [1.165, 1.54) is 19.1 Å². The normalized spacial score (nSPS) is 11.9. The molecule has 0 radical (unpaired) electrons. The summed E-state index contributed by atoms with van der Waals surface area (Å²) < 4.78 is 13.0. The van der Waals surface area contributed by atoms with Gasteiger partial charge in [0.25, 0.3) is 5.91 Å². The molecule has 0 saturated carbocycles. The lowest BCUT2D eigenvalue weighted by Gasteiger charge is -2.10. The van der Waals surface area contributed by atoms with Crippen molar-refractivity contribution in [1.29, 1.82) is 0 Å². The number of anilines is 1. The van der Waals surface area contributed by atoms with Crippen molar-refractivity contribution in [3.8, 4) is 0 Å². The third kappa shape index (κ3) is 2.47. The Morgan fingerprint density at radius 3 is 2.69 bits per heavy atom. The quantitative estimate of drug-likeness (QED) is 0.658. The van der Waals surface area contributed by atoms with Crippen molar-refractivity contribution in [2.75, 3.05) is 5.73 Å². The van der Waals surface area contributed by atoms with Crippen LogP contribution in [0.25, 0.3) is 0 Å². The number of para-hydroxylation sites is 1. The zero-order chi connectivity index (χ0) is 12.3.